The summed E-state index contributed by atoms with van der Waals surface area (Å²) in [5.41, 5.74) is 1.65. The molecule has 1 heterocycles. The van der Waals surface area contributed by atoms with Gasteiger partial charge in [0, 0.05) is 16.1 Å². The molecule has 22 heavy (non-hydrogen) atoms. The number of rotatable bonds is 5. The van der Waals surface area contributed by atoms with E-state index in [1.54, 1.807) is 18.2 Å². The van der Waals surface area contributed by atoms with Crippen molar-refractivity contribution >= 4 is 11.6 Å². The number of hydrogen-bond acceptors (Lipinski definition) is 4. The smallest absolute Gasteiger partial charge is 0.258 e. The predicted molar refractivity (Wildman–Crippen MR) is 85.9 cm³/mol. The van der Waals surface area contributed by atoms with E-state index in [4.69, 9.17) is 20.9 Å². The molecule has 4 nitrogen and oxygen atoms in total. The lowest BCUT2D eigenvalue weighted by atomic mass is 10.2. The summed E-state index contributed by atoms with van der Waals surface area (Å²) in [6.45, 7) is 4.07. The van der Waals surface area contributed by atoms with Gasteiger partial charge in [-0.1, -0.05) is 35.5 Å². The Morgan fingerprint density at radius 2 is 1.95 bits per heavy atom. The van der Waals surface area contributed by atoms with Gasteiger partial charge in [0.2, 0.25) is 5.82 Å². The van der Waals surface area contributed by atoms with E-state index in [2.05, 4.69) is 16.7 Å². The van der Waals surface area contributed by atoms with Gasteiger partial charge in [-0.25, -0.2) is 0 Å². The van der Waals surface area contributed by atoms with Gasteiger partial charge >= 0.3 is 0 Å². The molecule has 3 rings (SSSR count). The second kappa shape index (κ2) is 6.45. The fourth-order valence-corrected chi connectivity index (χ4v) is 2.06. The van der Waals surface area contributed by atoms with E-state index in [1.165, 1.54) is 0 Å². The van der Waals surface area contributed by atoms with E-state index in [9.17, 15) is 0 Å². The van der Waals surface area contributed by atoms with Gasteiger partial charge < -0.3 is 9.26 Å². The second-order valence-electron chi connectivity index (χ2n) is 4.56. The minimum Gasteiger partial charge on any atom is -0.490 e. The van der Waals surface area contributed by atoms with E-state index < -0.39 is 0 Å². The molecule has 0 aliphatic carbocycles. The number of benzene rings is 2. The lowest BCUT2D eigenvalue weighted by Gasteiger charge is -2.03. The monoisotopic (exact) mass is 312 g/mol. The highest BCUT2D eigenvalue weighted by Crippen LogP contribution is 2.25. The zero-order valence-corrected chi connectivity index (χ0v) is 12.5. The van der Waals surface area contributed by atoms with Crippen LogP contribution < -0.4 is 4.74 Å². The van der Waals surface area contributed by atoms with E-state index >= 15 is 0 Å². The molecule has 0 spiro atoms. The molecule has 0 unspecified atom stereocenters. The third-order valence-electron chi connectivity index (χ3n) is 2.98. The number of nitrogens with zero attached hydrogens (tertiary/aromatic N) is 2. The third-order valence-corrected chi connectivity index (χ3v) is 3.23. The van der Waals surface area contributed by atoms with Crippen LogP contribution in [0.25, 0.3) is 22.8 Å². The van der Waals surface area contributed by atoms with Crippen LogP contribution in [0.1, 0.15) is 0 Å². The molecule has 0 bridgehead atoms. The first kappa shape index (κ1) is 14.4. The normalized spacial score (nSPS) is 10.4. The van der Waals surface area contributed by atoms with Gasteiger partial charge in [0.15, 0.2) is 0 Å². The summed E-state index contributed by atoms with van der Waals surface area (Å²) in [6, 6.07) is 14.8. The van der Waals surface area contributed by atoms with Gasteiger partial charge in [0.25, 0.3) is 5.89 Å². The lowest BCUT2D eigenvalue weighted by molar-refractivity contribution is 0.363. The maximum absolute atomic E-state index is 5.87. The van der Waals surface area contributed by atoms with Crippen molar-refractivity contribution in [2.45, 2.75) is 0 Å². The van der Waals surface area contributed by atoms with Gasteiger partial charge in [-0.3, -0.25) is 0 Å². The van der Waals surface area contributed by atoms with Crippen molar-refractivity contribution < 1.29 is 9.26 Å². The van der Waals surface area contributed by atoms with Crippen molar-refractivity contribution in [2.75, 3.05) is 6.61 Å². The Bertz CT molecular complexity index is 781. The summed E-state index contributed by atoms with van der Waals surface area (Å²) >= 11 is 5.87. The average Bonchev–Trinajstić information content (AvgIpc) is 3.04. The molecule has 0 aliphatic heterocycles. The minimum atomic E-state index is 0.439. The highest BCUT2D eigenvalue weighted by Gasteiger charge is 2.11. The van der Waals surface area contributed by atoms with Crippen LogP contribution in [0.5, 0.6) is 5.75 Å². The molecule has 5 heteroatoms. The molecule has 0 radical (unpaired) electrons. The van der Waals surface area contributed by atoms with Crippen LogP contribution in [0, 0.1) is 0 Å². The predicted octanol–water partition coefficient (Wildman–Crippen LogP) is 4.62. The highest BCUT2D eigenvalue weighted by atomic mass is 35.5. The van der Waals surface area contributed by atoms with Crippen molar-refractivity contribution in [2.24, 2.45) is 0 Å². The maximum atomic E-state index is 5.87. The van der Waals surface area contributed by atoms with Crippen LogP contribution in [-0.2, 0) is 0 Å². The summed E-state index contributed by atoms with van der Waals surface area (Å²) in [7, 11) is 0. The van der Waals surface area contributed by atoms with E-state index in [0.29, 0.717) is 23.3 Å². The van der Waals surface area contributed by atoms with Gasteiger partial charge in [0.1, 0.15) is 12.4 Å². The molecule has 0 amide bonds. The van der Waals surface area contributed by atoms with Crippen LogP contribution in [0.3, 0.4) is 0 Å². The van der Waals surface area contributed by atoms with Crippen LogP contribution in [-0.4, -0.2) is 16.7 Å². The Hall–Kier alpha value is -2.59. The molecule has 0 saturated carbocycles. The largest absolute Gasteiger partial charge is 0.490 e. The summed E-state index contributed by atoms with van der Waals surface area (Å²) in [4.78, 5) is 4.41. The molecular formula is C17H13ClN2O2. The molecular weight excluding hydrogens is 300 g/mol. The minimum absolute atomic E-state index is 0.439. The van der Waals surface area contributed by atoms with Gasteiger partial charge in [-0.15, -0.1) is 0 Å². The molecule has 3 aromatic rings. The summed E-state index contributed by atoms with van der Waals surface area (Å²) in [5, 5.41) is 4.66. The fourth-order valence-electron chi connectivity index (χ4n) is 1.93. The van der Waals surface area contributed by atoms with Crippen molar-refractivity contribution in [1.82, 2.24) is 10.1 Å². The van der Waals surface area contributed by atoms with Crippen LogP contribution in [0.15, 0.2) is 65.7 Å². The number of aromatic nitrogens is 2. The Balaban J connectivity index is 1.87. The van der Waals surface area contributed by atoms with E-state index in [1.807, 2.05) is 36.4 Å². The molecule has 0 atom stereocenters. The van der Waals surface area contributed by atoms with E-state index in [-0.39, 0.29) is 0 Å². The second-order valence-corrected chi connectivity index (χ2v) is 4.99. The van der Waals surface area contributed by atoms with Crippen LogP contribution >= 0.6 is 11.6 Å². The summed E-state index contributed by atoms with van der Waals surface area (Å²) < 4.78 is 10.8. The first-order chi connectivity index (χ1) is 10.8. The number of ether oxygens (including phenoxy) is 1. The zero-order chi connectivity index (χ0) is 15.4. The average molecular weight is 313 g/mol. The fraction of sp³-hybridized carbons (Fsp3) is 0.0588. The van der Waals surface area contributed by atoms with Crippen LogP contribution in [0.2, 0.25) is 5.02 Å². The molecule has 0 fully saturated rings. The number of hydrogen-bond donors (Lipinski definition) is 0. The van der Waals surface area contributed by atoms with Crippen molar-refractivity contribution in [1.29, 1.82) is 0 Å². The van der Waals surface area contributed by atoms with Gasteiger partial charge in [-0.2, -0.15) is 4.98 Å². The summed E-state index contributed by atoms with van der Waals surface area (Å²) in [6.07, 6.45) is 1.69. The molecule has 0 aliphatic rings. The summed E-state index contributed by atoms with van der Waals surface area (Å²) in [5.74, 6) is 1.68. The third kappa shape index (κ3) is 3.18. The highest BCUT2D eigenvalue weighted by molar-refractivity contribution is 6.30. The molecule has 1 aromatic heterocycles. The maximum Gasteiger partial charge on any atom is 0.258 e. The standard InChI is InChI=1S/C17H13ClN2O2/c1-2-10-21-15-5-3-4-13(11-15)17-19-16(20-22-17)12-6-8-14(18)9-7-12/h2-9,11H,1,10H2. The first-order valence-electron chi connectivity index (χ1n) is 6.70. The lowest BCUT2D eigenvalue weighted by Crippen LogP contribution is -1.92. The molecule has 0 saturated heterocycles. The van der Waals surface area contributed by atoms with Gasteiger partial charge in [0.05, 0.1) is 0 Å². The molecule has 2 aromatic carbocycles. The SMILES string of the molecule is C=CCOc1cccc(-c2nc(-c3ccc(Cl)cc3)no2)c1. The van der Waals surface area contributed by atoms with Crippen molar-refractivity contribution in [3.63, 3.8) is 0 Å². The Morgan fingerprint density at radius 3 is 2.73 bits per heavy atom. The molecule has 0 N–H and O–H groups in total. The zero-order valence-electron chi connectivity index (χ0n) is 11.7. The van der Waals surface area contributed by atoms with Crippen LogP contribution in [0.4, 0.5) is 0 Å². The van der Waals surface area contributed by atoms with Crippen molar-refractivity contribution in [3.05, 3.63) is 66.2 Å². The Kier molecular flexibility index (Phi) is 4.21. The topological polar surface area (TPSA) is 48.2 Å². The van der Waals surface area contributed by atoms with E-state index in [0.717, 1.165) is 16.9 Å². The Labute approximate surface area is 133 Å². The van der Waals surface area contributed by atoms with Gasteiger partial charge in [-0.05, 0) is 42.5 Å². The first-order valence-corrected chi connectivity index (χ1v) is 7.08. The Morgan fingerprint density at radius 1 is 1.14 bits per heavy atom. The molecule has 110 valence electrons. The number of halogens is 1. The quantitative estimate of drug-likeness (QED) is 0.645. The van der Waals surface area contributed by atoms with Crippen molar-refractivity contribution in [3.8, 4) is 28.6 Å².